The van der Waals surface area contributed by atoms with Crippen LogP contribution in [0.25, 0.3) is 0 Å². The van der Waals surface area contributed by atoms with Gasteiger partial charge in [0.1, 0.15) is 5.75 Å². The predicted molar refractivity (Wildman–Crippen MR) is 112 cm³/mol. The van der Waals surface area contributed by atoms with Gasteiger partial charge in [-0.25, -0.2) is 4.79 Å². The second-order valence-corrected chi connectivity index (χ2v) is 7.23. The number of aromatic amines is 1. The molecule has 0 atom stereocenters. The maximum absolute atomic E-state index is 13.0. The highest BCUT2D eigenvalue weighted by atomic mass is 16.5. The zero-order chi connectivity index (χ0) is 21.0. The van der Waals surface area contributed by atoms with Crippen molar-refractivity contribution in [3.05, 3.63) is 46.8 Å². The van der Waals surface area contributed by atoms with Gasteiger partial charge in [-0.15, -0.1) is 0 Å². The third-order valence-corrected chi connectivity index (χ3v) is 5.29. The number of hydrogen-bond acceptors (Lipinski definition) is 6. The van der Waals surface area contributed by atoms with Crippen molar-refractivity contribution in [3.8, 4) is 5.75 Å². The second-order valence-electron chi connectivity index (χ2n) is 7.23. The lowest BCUT2D eigenvalue weighted by molar-refractivity contribution is 0.0522. The molecule has 7 heteroatoms. The molecule has 0 aliphatic carbocycles. The van der Waals surface area contributed by atoms with E-state index in [1.54, 1.807) is 21.0 Å². The number of ether oxygens (including phenoxy) is 2. The third-order valence-electron chi connectivity index (χ3n) is 5.29. The summed E-state index contributed by atoms with van der Waals surface area (Å²) < 4.78 is 10.5. The highest BCUT2D eigenvalue weighted by Gasteiger charge is 2.27. The first kappa shape index (κ1) is 20.9. The van der Waals surface area contributed by atoms with Crippen molar-refractivity contribution < 1.29 is 19.1 Å². The Bertz CT molecular complexity index is 882. The number of methoxy groups -OCH3 is 1. The van der Waals surface area contributed by atoms with E-state index in [4.69, 9.17) is 9.47 Å². The molecule has 1 fully saturated rings. The second kappa shape index (κ2) is 9.13. The van der Waals surface area contributed by atoms with Crippen LogP contribution in [0, 0.1) is 13.8 Å². The van der Waals surface area contributed by atoms with Crippen LogP contribution in [0.15, 0.2) is 24.3 Å². The summed E-state index contributed by atoms with van der Waals surface area (Å²) in [5.74, 6) is 0.343. The Morgan fingerprint density at radius 3 is 2.41 bits per heavy atom. The minimum absolute atomic E-state index is 0.0512. The molecule has 0 unspecified atom stereocenters. The van der Waals surface area contributed by atoms with Gasteiger partial charge in [0.25, 0.3) is 0 Å². The largest absolute Gasteiger partial charge is 0.497 e. The van der Waals surface area contributed by atoms with E-state index in [1.807, 2.05) is 25.1 Å². The summed E-state index contributed by atoms with van der Waals surface area (Å²) in [5, 5.41) is 0. The van der Waals surface area contributed by atoms with Crippen LogP contribution in [0.5, 0.6) is 5.75 Å². The van der Waals surface area contributed by atoms with Gasteiger partial charge in [0.15, 0.2) is 5.78 Å². The molecule has 7 nitrogen and oxygen atoms in total. The molecule has 1 aromatic heterocycles. The molecular weight excluding hydrogens is 370 g/mol. The van der Waals surface area contributed by atoms with E-state index in [0.717, 1.165) is 37.6 Å². The number of aromatic nitrogens is 1. The highest BCUT2D eigenvalue weighted by Crippen LogP contribution is 2.23. The van der Waals surface area contributed by atoms with Crippen LogP contribution in [0.1, 0.15) is 39.0 Å². The van der Waals surface area contributed by atoms with Crippen molar-refractivity contribution in [3.63, 3.8) is 0 Å². The van der Waals surface area contributed by atoms with Crippen LogP contribution >= 0.6 is 0 Å². The van der Waals surface area contributed by atoms with Gasteiger partial charge in [-0.05, 0) is 32.9 Å². The number of aryl methyl sites for hydroxylation is 2. The number of H-pyrrole nitrogens is 1. The lowest BCUT2D eigenvalue weighted by Crippen LogP contribution is -2.48. The zero-order valence-corrected chi connectivity index (χ0v) is 17.6. The summed E-state index contributed by atoms with van der Waals surface area (Å²) in [6.45, 7) is 9.16. The van der Waals surface area contributed by atoms with E-state index in [1.165, 1.54) is 0 Å². The summed E-state index contributed by atoms with van der Waals surface area (Å²) >= 11 is 0. The Labute approximate surface area is 171 Å². The molecule has 2 aromatic rings. The van der Waals surface area contributed by atoms with Gasteiger partial charge in [0.2, 0.25) is 0 Å². The maximum atomic E-state index is 13.0. The molecule has 1 saturated heterocycles. The predicted octanol–water partition coefficient (Wildman–Crippen LogP) is 2.82. The van der Waals surface area contributed by atoms with Crippen molar-refractivity contribution in [2.75, 3.05) is 51.3 Å². The number of Topliss-reactive ketones (excluding diaryl/α,β-unsaturated/α-hetero) is 1. The van der Waals surface area contributed by atoms with Gasteiger partial charge in [-0.1, -0.05) is 6.07 Å². The van der Waals surface area contributed by atoms with Gasteiger partial charge < -0.3 is 19.4 Å². The van der Waals surface area contributed by atoms with Crippen molar-refractivity contribution in [1.82, 2.24) is 9.88 Å². The fraction of sp³-hybridized carbons (Fsp3) is 0.455. The summed E-state index contributed by atoms with van der Waals surface area (Å²) in [6.07, 6.45) is 0. The van der Waals surface area contributed by atoms with E-state index in [2.05, 4.69) is 20.9 Å². The van der Waals surface area contributed by atoms with Crippen LogP contribution in [0.4, 0.5) is 5.69 Å². The van der Waals surface area contributed by atoms with E-state index < -0.39 is 5.97 Å². The summed E-state index contributed by atoms with van der Waals surface area (Å²) in [6, 6.07) is 8.01. The maximum Gasteiger partial charge on any atom is 0.340 e. The molecule has 29 heavy (non-hydrogen) atoms. The third kappa shape index (κ3) is 4.62. The fourth-order valence-electron chi connectivity index (χ4n) is 3.84. The Kier molecular flexibility index (Phi) is 6.59. The van der Waals surface area contributed by atoms with E-state index >= 15 is 0 Å². The molecule has 1 N–H and O–H groups in total. The molecular formula is C22H29N3O4. The van der Waals surface area contributed by atoms with Gasteiger partial charge in [-0.2, -0.15) is 0 Å². The lowest BCUT2D eigenvalue weighted by atomic mass is 10.0. The van der Waals surface area contributed by atoms with E-state index in [-0.39, 0.29) is 18.9 Å². The molecule has 0 saturated carbocycles. The van der Waals surface area contributed by atoms with Crippen molar-refractivity contribution >= 4 is 17.4 Å². The van der Waals surface area contributed by atoms with Crippen LogP contribution < -0.4 is 9.64 Å². The zero-order valence-electron chi connectivity index (χ0n) is 17.6. The number of carbonyl (C=O) groups is 2. The molecule has 2 heterocycles. The van der Waals surface area contributed by atoms with Crippen molar-refractivity contribution in [1.29, 1.82) is 0 Å². The number of ketones is 1. The minimum Gasteiger partial charge on any atom is -0.497 e. The number of piperazine rings is 1. The van der Waals surface area contributed by atoms with Gasteiger partial charge in [0.05, 0.1) is 31.4 Å². The number of hydrogen-bond donors (Lipinski definition) is 1. The van der Waals surface area contributed by atoms with E-state index in [0.29, 0.717) is 22.5 Å². The molecule has 0 radical (unpaired) electrons. The number of rotatable bonds is 7. The number of anilines is 1. The Balaban J connectivity index is 1.65. The topological polar surface area (TPSA) is 74.9 Å². The molecule has 156 valence electrons. The smallest absolute Gasteiger partial charge is 0.340 e. The first-order valence-electron chi connectivity index (χ1n) is 9.95. The van der Waals surface area contributed by atoms with Crippen molar-refractivity contribution in [2.45, 2.75) is 20.8 Å². The lowest BCUT2D eigenvalue weighted by Gasteiger charge is -2.35. The monoisotopic (exact) mass is 399 g/mol. The summed E-state index contributed by atoms with van der Waals surface area (Å²) in [7, 11) is 1.66. The average molecular weight is 399 g/mol. The number of nitrogens with one attached hydrogen (secondary N) is 1. The first-order valence-corrected chi connectivity index (χ1v) is 9.95. The molecule has 0 bridgehead atoms. The number of benzene rings is 1. The quantitative estimate of drug-likeness (QED) is 0.570. The van der Waals surface area contributed by atoms with Gasteiger partial charge >= 0.3 is 5.97 Å². The van der Waals surface area contributed by atoms with Crippen LogP contribution in [-0.2, 0) is 4.74 Å². The normalized spacial score (nSPS) is 14.7. The minimum atomic E-state index is -0.444. The molecule has 1 aliphatic rings. The standard InChI is InChI=1S/C22H29N3O4/c1-5-29-22(27)21-16(3)23-15(2)20(21)19(26)14-24-9-11-25(12-10-24)17-7-6-8-18(13-17)28-4/h6-8,13,23H,5,9-12,14H2,1-4H3. The highest BCUT2D eigenvalue weighted by molar-refractivity contribution is 6.09. The van der Waals surface area contributed by atoms with Gasteiger partial charge in [0, 0.05) is 49.3 Å². The van der Waals surface area contributed by atoms with E-state index in [9.17, 15) is 9.59 Å². The molecule has 3 rings (SSSR count). The molecule has 0 spiro atoms. The molecule has 1 aliphatic heterocycles. The summed E-state index contributed by atoms with van der Waals surface area (Å²) in [5.41, 5.74) is 3.33. The fourth-order valence-corrected chi connectivity index (χ4v) is 3.84. The Morgan fingerprint density at radius 2 is 1.76 bits per heavy atom. The number of nitrogens with zero attached hydrogens (tertiary/aromatic N) is 2. The Hall–Kier alpha value is -2.80. The Morgan fingerprint density at radius 1 is 1.07 bits per heavy atom. The van der Waals surface area contributed by atoms with Crippen LogP contribution in [0.2, 0.25) is 0 Å². The molecule has 1 aromatic carbocycles. The van der Waals surface area contributed by atoms with Crippen LogP contribution in [0.3, 0.4) is 0 Å². The SMILES string of the molecule is CCOC(=O)c1c(C)[nH]c(C)c1C(=O)CN1CCN(c2cccc(OC)c2)CC1. The van der Waals surface area contributed by atoms with Crippen LogP contribution in [-0.4, -0.2) is 68.1 Å². The summed E-state index contributed by atoms with van der Waals surface area (Å²) in [4.78, 5) is 32.9. The average Bonchev–Trinajstić information content (AvgIpc) is 3.02. The van der Waals surface area contributed by atoms with Crippen molar-refractivity contribution in [2.24, 2.45) is 0 Å². The number of esters is 1. The molecule has 0 amide bonds. The number of carbonyl (C=O) groups excluding carboxylic acids is 2. The van der Waals surface area contributed by atoms with Gasteiger partial charge in [-0.3, -0.25) is 9.69 Å². The first-order chi connectivity index (χ1) is 13.9.